The molecule has 2 N–H and O–H groups in total. The standard InChI is InChI=1S/C12H13NS.ClH/c1-9-3-2-4-10(7-9)12(13)11-5-6-14-8-11;/h2-8,12H,13H2,1H3;1H/t12-;/m0./s1. The van der Waals surface area contributed by atoms with Gasteiger partial charge in [-0.15, -0.1) is 12.4 Å². The van der Waals surface area contributed by atoms with E-state index in [-0.39, 0.29) is 18.4 Å². The number of thiophene rings is 1. The monoisotopic (exact) mass is 239 g/mol. The predicted molar refractivity (Wildman–Crippen MR) is 68.8 cm³/mol. The molecule has 15 heavy (non-hydrogen) atoms. The van der Waals surface area contributed by atoms with Gasteiger partial charge in [-0.25, -0.2) is 0 Å². The van der Waals surface area contributed by atoms with Crippen molar-refractivity contribution in [1.82, 2.24) is 0 Å². The van der Waals surface area contributed by atoms with Crippen LogP contribution >= 0.6 is 23.7 Å². The van der Waals surface area contributed by atoms with Crippen molar-refractivity contribution >= 4 is 23.7 Å². The fourth-order valence-corrected chi connectivity index (χ4v) is 2.20. The Morgan fingerprint density at radius 2 is 2.00 bits per heavy atom. The minimum atomic E-state index is 0. The zero-order chi connectivity index (χ0) is 9.97. The van der Waals surface area contributed by atoms with Gasteiger partial charge < -0.3 is 5.73 Å². The van der Waals surface area contributed by atoms with Crippen LogP contribution in [0.15, 0.2) is 41.1 Å². The largest absolute Gasteiger partial charge is 0.320 e. The van der Waals surface area contributed by atoms with Gasteiger partial charge in [-0.2, -0.15) is 11.3 Å². The van der Waals surface area contributed by atoms with Gasteiger partial charge in [0.05, 0.1) is 6.04 Å². The summed E-state index contributed by atoms with van der Waals surface area (Å²) in [7, 11) is 0. The third kappa shape index (κ3) is 2.81. The second-order valence-electron chi connectivity index (χ2n) is 3.45. The fourth-order valence-electron chi connectivity index (χ4n) is 1.51. The van der Waals surface area contributed by atoms with E-state index in [0.29, 0.717) is 0 Å². The van der Waals surface area contributed by atoms with Gasteiger partial charge in [0.15, 0.2) is 0 Å². The number of hydrogen-bond acceptors (Lipinski definition) is 2. The van der Waals surface area contributed by atoms with Gasteiger partial charge in [0, 0.05) is 0 Å². The zero-order valence-corrected chi connectivity index (χ0v) is 10.1. The van der Waals surface area contributed by atoms with Gasteiger partial charge in [-0.1, -0.05) is 29.8 Å². The van der Waals surface area contributed by atoms with E-state index in [1.54, 1.807) is 11.3 Å². The van der Waals surface area contributed by atoms with Gasteiger partial charge in [-0.3, -0.25) is 0 Å². The molecular formula is C12H14ClNS. The summed E-state index contributed by atoms with van der Waals surface area (Å²) in [4.78, 5) is 0. The highest BCUT2D eigenvalue weighted by Crippen LogP contribution is 2.21. The average Bonchev–Trinajstić information content (AvgIpc) is 2.69. The van der Waals surface area contributed by atoms with Crippen LogP contribution in [0.4, 0.5) is 0 Å². The minimum absolute atomic E-state index is 0. The topological polar surface area (TPSA) is 26.0 Å². The summed E-state index contributed by atoms with van der Waals surface area (Å²) in [5.41, 5.74) is 9.77. The van der Waals surface area contributed by atoms with Crippen molar-refractivity contribution in [2.45, 2.75) is 13.0 Å². The van der Waals surface area contributed by atoms with Gasteiger partial charge in [0.25, 0.3) is 0 Å². The van der Waals surface area contributed by atoms with Crippen molar-refractivity contribution in [3.8, 4) is 0 Å². The molecule has 0 aliphatic heterocycles. The van der Waals surface area contributed by atoms with Crippen LogP contribution in [0.25, 0.3) is 0 Å². The van der Waals surface area contributed by atoms with Crippen molar-refractivity contribution in [3.63, 3.8) is 0 Å². The molecule has 80 valence electrons. The second kappa shape index (κ2) is 5.31. The summed E-state index contributed by atoms with van der Waals surface area (Å²) < 4.78 is 0. The van der Waals surface area contributed by atoms with Crippen molar-refractivity contribution in [1.29, 1.82) is 0 Å². The SMILES string of the molecule is Cc1cccc([C@H](N)c2ccsc2)c1.Cl. The molecule has 0 spiro atoms. The molecule has 0 fully saturated rings. The van der Waals surface area contributed by atoms with E-state index in [1.165, 1.54) is 16.7 Å². The number of nitrogens with two attached hydrogens (primary N) is 1. The maximum atomic E-state index is 6.14. The van der Waals surface area contributed by atoms with E-state index in [9.17, 15) is 0 Å². The number of aryl methyl sites for hydroxylation is 1. The lowest BCUT2D eigenvalue weighted by Gasteiger charge is -2.10. The van der Waals surface area contributed by atoms with Crippen LogP contribution in [0.3, 0.4) is 0 Å². The third-order valence-corrected chi connectivity index (χ3v) is 3.01. The number of rotatable bonds is 2. The molecule has 0 saturated heterocycles. The van der Waals surface area contributed by atoms with Crippen molar-refractivity contribution in [2.75, 3.05) is 0 Å². The summed E-state index contributed by atoms with van der Waals surface area (Å²) in [6.45, 7) is 2.09. The van der Waals surface area contributed by atoms with Gasteiger partial charge in [0.2, 0.25) is 0 Å². The highest BCUT2D eigenvalue weighted by atomic mass is 35.5. The number of benzene rings is 1. The lowest BCUT2D eigenvalue weighted by Crippen LogP contribution is -2.10. The molecule has 1 heterocycles. The molecule has 1 atom stereocenters. The summed E-state index contributed by atoms with van der Waals surface area (Å²) in [6.07, 6.45) is 0. The molecule has 1 aromatic carbocycles. The fraction of sp³-hybridized carbons (Fsp3) is 0.167. The quantitative estimate of drug-likeness (QED) is 0.853. The number of halogens is 1. The molecule has 0 amide bonds. The summed E-state index contributed by atoms with van der Waals surface area (Å²) >= 11 is 1.69. The molecule has 2 rings (SSSR count). The minimum Gasteiger partial charge on any atom is -0.320 e. The molecule has 3 heteroatoms. The smallest absolute Gasteiger partial charge is 0.0559 e. The van der Waals surface area contributed by atoms with E-state index >= 15 is 0 Å². The lowest BCUT2D eigenvalue weighted by molar-refractivity contribution is 0.875. The van der Waals surface area contributed by atoms with E-state index in [4.69, 9.17) is 5.73 Å². The van der Waals surface area contributed by atoms with Crippen LogP contribution in [0, 0.1) is 6.92 Å². The molecule has 1 nitrogen and oxygen atoms in total. The Hall–Kier alpha value is -0.830. The molecule has 0 aliphatic carbocycles. The third-order valence-electron chi connectivity index (χ3n) is 2.30. The normalized spacial score (nSPS) is 11.9. The first-order valence-corrected chi connectivity index (χ1v) is 5.56. The summed E-state index contributed by atoms with van der Waals surface area (Å²) in [6, 6.07) is 10.5. The average molecular weight is 240 g/mol. The van der Waals surface area contributed by atoms with Crippen LogP contribution in [0.5, 0.6) is 0 Å². The van der Waals surface area contributed by atoms with E-state index < -0.39 is 0 Å². The predicted octanol–water partition coefficient (Wildman–Crippen LogP) is 3.53. The van der Waals surface area contributed by atoms with Gasteiger partial charge >= 0.3 is 0 Å². The van der Waals surface area contributed by atoms with Crippen LogP contribution in [0.2, 0.25) is 0 Å². The Balaban J connectivity index is 0.00000112. The van der Waals surface area contributed by atoms with Crippen molar-refractivity contribution in [3.05, 3.63) is 57.8 Å². The Labute approximate surface area is 100 Å². The molecule has 1 aromatic heterocycles. The highest BCUT2D eigenvalue weighted by molar-refractivity contribution is 7.08. The maximum Gasteiger partial charge on any atom is 0.0559 e. The molecule has 2 aromatic rings. The lowest BCUT2D eigenvalue weighted by atomic mass is 10.0. The first-order chi connectivity index (χ1) is 6.77. The Morgan fingerprint density at radius 3 is 2.60 bits per heavy atom. The first-order valence-electron chi connectivity index (χ1n) is 4.61. The molecule has 0 unspecified atom stereocenters. The zero-order valence-electron chi connectivity index (χ0n) is 8.51. The Morgan fingerprint density at radius 1 is 1.20 bits per heavy atom. The Kier molecular flexibility index (Phi) is 4.33. The Bertz CT molecular complexity index is 411. The van der Waals surface area contributed by atoms with E-state index in [0.717, 1.165) is 0 Å². The van der Waals surface area contributed by atoms with Crippen LogP contribution in [-0.4, -0.2) is 0 Å². The molecule has 0 bridgehead atoms. The van der Waals surface area contributed by atoms with Crippen LogP contribution in [-0.2, 0) is 0 Å². The van der Waals surface area contributed by atoms with Gasteiger partial charge in [0.1, 0.15) is 0 Å². The summed E-state index contributed by atoms with van der Waals surface area (Å²) in [5.74, 6) is 0. The van der Waals surface area contributed by atoms with E-state index in [2.05, 4.69) is 48.0 Å². The van der Waals surface area contributed by atoms with Crippen molar-refractivity contribution < 1.29 is 0 Å². The first kappa shape index (κ1) is 12.2. The highest BCUT2D eigenvalue weighted by Gasteiger charge is 2.08. The van der Waals surface area contributed by atoms with Crippen molar-refractivity contribution in [2.24, 2.45) is 5.73 Å². The second-order valence-corrected chi connectivity index (χ2v) is 4.23. The molecule has 0 aliphatic rings. The molecule has 0 saturated carbocycles. The maximum absolute atomic E-state index is 6.14. The van der Waals surface area contributed by atoms with Gasteiger partial charge in [-0.05, 0) is 34.9 Å². The van der Waals surface area contributed by atoms with E-state index in [1.807, 2.05) is 0 Å². The number of hydrogen-bond donors (Lipinski definition) is 1. The van der Waals surface area contributed by atoms with Crippen LogP contribution < -0.4 is 5.73 Å². The molecule has 0 radical (unpaired) electrons. The summed E-state index contributed by atoms with van der Waals surface area (Å²) in [5, 5.41) is 4.16. The molecular weight excluding hydrogens is 226 g/mol. The van der Waals surface area contributed by atoms with Crippen LogP contribution in [0.1, 0.15) is 22.7 Å².